The van der Waals surface area contributed by atoms with E-state index in [4.69, 9.17) is 28.6 Å². The van der Waals surface area contributed by atoms with Crippen LogP contribution in [0.15, 0.2) is 47.6 Å². The van der Waals surface area contributed by atoms with E-state index in [2.05, 4.69) is 15.3 Å². The van der Waals surface area contributed by atoms with Crippen LogP contribution >= 0.6 is 23.8 Å². The summed E-state index contributed by atoms with van der Waals surface area (Å²) in [5.41, 5.74) is 0.719. The second-order valence-corrected chi connectivity index (χ2v) is 6.26. The first-order chi connectivity index (χ1) is 13.3. The van der Waals surface area contributed by atoms with Crippen molar-refractivity contribution in [3.63, 3.8) is 0 Å². The predicted molar refractivity (Wildman–Crippen MR) is 97.6 cm³/mol. The number of nitrogens with one attached hydrogen (secondary N) is 1. The first-order valence-corrected chi connectivity index (χ1v) is 8.49. The average molecular weight is 431 g/mol. The van der Waals surface area contributed by atoms with Gasteiger partial charge in [0.05, 0.1) is 11.2 Å². The Labute approximate surface area is 166 Å². The van der Waals surface area contributed by atoms with Crippen molar-refractivity contribution in [3.8, 4) is 5.75 Å². The Hall–Kier alpha value is -2.72. The molecule has 0 saturated heterocycles. The van der Waals surface area contributed by atoms with Gasteiger partial charge in [0.2, 0.25) is 4.77 Å². The third kappa shape index (κ3) is 4.57. The molecule has 0 saturated carbocycles. The number of nitrogens with zero attached hydrogens (tertiary/aromatic N) is 3. The number of hydrogen-bond donors (Lipinski definition) is 1. The predicted octanol–water partition coefficient (Wildman–Crippen LogP) is 5.21. The van der Waals surface area contributed by atoms with Gasteiger partial charge < -0.3 is 4.74 Å². The summed E-state index contributed by atoms with van der Waals surface area (Å²) in [4.78, 5) is 0. The van der Waals surface area contributed by atoms with Crippen molar-refractivity contribution in [1.29, 1.82) is 0 Å². The lowest BCUT2D eigenvalue weighted by atomic mass is 10.2. The van der Waals surface area contributed by atoms with Crippen molar-refractivity contribution in [2.24, 2.45) is 5.10 Å². The highest BCUT2D eigenvalue weighted by Gasteiger charge is 2.37. The van der Waals surface area contributed by atoms with E-state index in [9.17, 15) is 17.6 Å². The van der Waals surface area contributed by atoms with E-state index < -0.39 is 17.8 Å². The van der Waals surface area contributed by atoms with Gasteiger partial charge in [0.15, 0.2) is 0 Å². The molecule has 146 valence electrons. The molecule has 0 spiro atoms. The Bertz CT molecular complexity index is 1040. The van der Waals surface area contributed by atoms with Crippen molar-refractivity contribution in [1.82, 2.24) is 14.9 Å². The van der Waals surface area contributed by atoms with Crippen LogP contribution in [0.5, 0.6) is 5.75 Å². The van der Waals surface area contributed by atoms with Crippen LogP contribution in [-0.4, -0.2) is 21.1 Å². The zero-order valence-corrected chi connectivity index (χ0v) is 15.4. The van der Waals surface area contributed by atoms with Gasteiger partial charge in [0.25, 0.3) is 5.82 Å². The first-order valence-electron chi connectivity index (χ1n) is 7.70. The summed E-state index contributed by atoms with van der Waals surface area (Å²) in [6.07, 6.45) is -3.51. The van der Waals surface area contributed by atoms with Gasteiger partial charge in [-0.15, -0.1) is 5.10 Å². The molecule has 0 amide bonds. The SMILES string of the molecule is Fc1cccc(Cl)c1COc1ccc(/C=N/n2c(C(F)(F)F)n[nH]c2=S)cc1. The summed E-state index contributed by atoms with van der Waals surface area (Å²) in [6.45, 7) is -0.0714. The van der Waals surface area contributed by atoms with Gasteiger partial charge in [-0.05, 0) is 54.2 Å². The van der Waals surface area contributed by atoms with Crippen molar-refractivity contribution < 1.29 is 22.3 Å². The van der Waals surface area contributed by atoms with Gasteiger partial charge in [-0.2, -0.15) is 22.9 Å². The van der Waals surface area contributed by atoms with E-state index in [1.807, 2.05) is 0 Å². The fourth-order valence-corrected chi connectivity index (χ4v) is 2.58. The lowest BCUT2D eigenvalue weighted by molar-refractivity contribution is -0.147. The molecule has 11 heteroatoms. The maximum absolute atomic E-state index is 13.7. The molecule has 0 radical (unpaired) electrons. The molecule has 2 aromatic carbocycles. The summed E-state index contributed by atoms with van der Waals surface area (Å²) >= 11 is 10.7. The molecule has 5 nitrogen and oxygen atoms in total. The van der Waals surface area contributed by atoms with E-state index in [1.165, 1.54) is 18.3 Å². The molecule has 3 rings (SSSR count). The Morgan fingerprint density at radius 3 is 2.57 bits per heavy atom. The number of ether oxygens (including phenoxy) is 1. The summed E-state index contributed by atoms with van der Waals surface area (Å²) in [5, 5.41) is 9.14. The van der Waals surface area contributed by atoms with E-state index in [0.29, 0.717) is 16.0 Å². The minimum absolute atomic E-state index is 0.0714. The molecule has 3 aromatic rings. The monoisotopic (exact) mass is 430 g/mol. The fourth-order valence-electron chi connectivity index (χ4n) is 2.18. The van der Waals surface area contributed by atoms with Crippen molar-refractivity contribution >= 4 is 30.0 Å². The topological polar surface area (TPSA) is 55.2 Å². The Kier molecular flexibility index (Phi) is 5.80. The average Bonchev–Trinajstić information content (AvgIpc) is 3.01. The number of halogens is 5. The van der Waals surface area contributed by atoms with E-state index in [1.54, 1.807) is 30.3 Å². The highest BCUT2D eigenvalue weighted by atomic mass is 35.5. The first kappa shape index (κ1) is 20.0. The fraction of sp³-hybridized carbons (Fsp3) is 0.118. The van der Waals surface area contributed by atoms with Gasteiger partial charge in [0, 0.05) is 5.56 Å². The zero-order chi connectivity index (χ0) is 20.3. The van der Waals surface area contributed by atoms with E-state index >= 15 is 0 Å². The number of alkyl halides is 3. The minimum atomic E-state index is -4.70. The molecule has 1 heterocycles. The Morgan fingerprint density at radius 1 is 1.21 bits per heavy atom. The maximum atomic E-state index is 13.7. The van der Waals surface area contributed by atoms with E-state index in [-0.39, 0.29) is 22.0 Å². The van der Waals surface area contributed by atoms with Gasteiger partial charge in [-0.1, -0.05) is 17.7 Å². The molecular weight excluding hydrogens is 420 g/mol. The Morgan fingerprint density at radius 2 is 1.93 bits per heavy atom. The molecule has 0 atom stereocenters. The third-order valence-electron chi connectivity index (χ3n) is 3.55. The Balaban J connectivity index is 1.71. The van der Waals surface area contributed by atoms with Crippen LogP contribution in [0.1, 0.15) is 17.0 Å². The molecule has 1 N–H and O–H groups in total. The molecular formula is C17H11ClF4N4OS. The van der Waals surface area contributed by atoms with Crippen molar-refractivity contribution in [2.75, 3.05) is 0 Å². The highest BCUT2D eigenvalue weighted by molar-refractivity contribution is 7.71. The highest BCUT2D eigenvalue weighted by Crippen LogP contribution is 2.27. The van der Waals surface area contributed by atoms with Crippen LogP contribution < -0.4 is 4.74 Å². The molecule has 0 aliphatic heterocycles. The van der Waals surface area contributed by atoms with Crippen LogP contribution in [0, 0.1) is 10.6 Å². The van der Waals surface area contributed by atoms with Gasteiger partial charge in [0.1, 0.15) is 18.2 Å². The van der Waals surface area contributed by atoms with Crippen molar-refractivity contribution in [3.05, 3.63) is 75.0 Å². The number of rotatable bonds is 5. The largest absolute Gasteiger partial charge is 0.489 e. The number of H-pyrrole nitrogens is 1. The molecule has 28 heavy (non-hydrogen) atoms. The van der Waals surface area contributed by atoms with Crippen LogP contribution in [0.2, 0.25) is 5.02 Å². The number of benzene rings is 2. The quantitative estimate of drug-likeness (QED) is 0.343. The molecule has 1 aromatic heterocycles. The standard InChI is InChI=1S/C17H11ClF4N4OS/c18-13-2-1-3-14(19)12(13)9-27-11-6-4-10(5-7-11)8-23-26-15(17(20,21)22)24-25-16(26)28/h1-8H,9H2,(H,25,28)/b23-8+. The molecule has 0 aliphatic rings. The second kappa shape index (κ2) is 8.11. The van der Waals surface area contributed by atoms with Crippen molar-refractivity contribution in [2.45, 2.75) is 12.8 Å². The molecule has 0 fully saturated rings. The van der Waals surface area contributed by atoms with Crippen LogP contribution in [0.3, 0.4) is 0 Å². The van der Waals surface area contributed by atoms with Gasteiger partial charge >= 0.3 is 6.18 Å². The van der Waals surface area contributed by atoms with Crippen LogP contribution in [0.25, 0.3) is 0 Å². The zero-order valence-electron chi connectivity index (χ0n) is 13.9. The smallest absolute Gasteiger partial charge is 0.453 e. The molecule has 0 bridgehead atoms. The minimum Gasteiger partial charge on any atom is -0.489 e. The third-order valence-corrected chi connectivity index (χ3v) is 4.17. The summed E-state index contributed by atoms with van der Waals surface area (Å²) in [7, 11) is 0. The summed E-state index contributed by atoms with van der Waals surface area (Å²) in [5.74, 6) is -1.31. The van der Waals surface area contributed by atoms with E-state index in [0.717, 1.165) is 0 Å². The van der Waals surface area contributed by atoms with Gasteiger partial charge in [-0.3, -0.25) is 0 Å². The number of aromatic amines is 1. The number of aromatic nitrogens is 3. The maximum Gasteiger partial charge on any atom is 0.453 e. The lowest BCUT2D eigenvalue weighted by Gasteiger charge is -2.09. The molecule has 0 unspecified atom stereocenters. The van der Waals surface area contributed by atoms with Crippen LogP contribution in [0.4, 0.5) is 17.6 Å². The normalized spacial score (nSPS) is 11.9. The second-order valence-electron chi connectivity index (χ2n) is 5.46. The molecule has 0 aliphatic carbocycles. The van der Waals surface area contributed by atoms with Crippen LogP contribution in [-0.2, 0) is 12.8 Å². The lowest BCUT2D eigenvalue weighted by Crippen LogP contribution is -2.12. The van der Waals surface area contributed by atoms with Gasteiger partial charge in [-0.25, -0.2) is 9.49 Å². The summed E-state index contributed by atoms with van der Waals surface area (Å²) in [6, 6.07) is 10.6. The summed E-state index contributed by atoms with van der Waals surface area (Å²) < 4.78 is 57.9. The number of hydrogen-bond acceptors (Lipinski definition) is 4.